The van der Waals surface area contributed by atoms with Crippen LogP contribution in [0.1, 0.15) is 24.6 Å². The molecule has 2 nitrogen and oxygen atoms in total. The molecular weight excluding hydrogens is 504 g/mol. The van der Waals surface area contributed by atoms with Gasteiger partial charge in [-0.25, -0.2) is 4.98 Å². The van der Waals surface area contributed by atoms with E-state index in [0.29, 0.717) is 5.92 Å². The second-order valence-corrected chi connectivity index (χ2v) is 11.5. The average molecular weight is 535 g/mol. The number of hydrogen-bond acceptors (Lipinski definition) is 2. The van der Waals surface area contributed by atoms with Crippen molar-refractivity contribution in [1.82, 2.24) is 9.55 Å². The summed E-state index contributed by atoms with van der Waals surface area (Å²) in [4.78, 5) is 6.74. The molecule has 0 spiro atoms. The van der Waals surface area contributed by atoms with E-state index in [1.54, 1.807) is 0 Å². The van der Waals surface area contributed by atoms with Gasteiger partial charge in [-0.15, -0.1) is 11.8 Å². The Labute approximate surface area is 240 Å². The van der Waals surface area contributed by atoms with Crippen LogP contribution in [0.4, 0.5) is 0 Å². The van der Waals surface area contributed by atoms with Crippen molar-refractivity contribution in [3.05, 3.63) is 149 Å². The number of pyridine rings is 1. The van der Waals surface area contributed by atoms with E-state index in [9.17, 15) is 0 Å². The predicted molar refractivity (Wildman–Crippen MR) is 171 cm³/mol. The minimum absolute atomic E-state index is 0.485. The Hall–Kier alpha value is -4.34. The highest BCUT2D eigenvalue weighted by Crippen LogP contribution is 2.43. The lowest BCUT2D eigenvalue weighted by Crippen LogP contribution is -2.06. The quantitative estimate of drug-likeness (QED) is 0.229. The number of aromatic nitrogens is 2. The third-order valence-corrected chi connectivity index (χ3v) is 9.23. The summed E-state index contributed by atoms with van der Waals surface area (Å²) in [6.45, 7) is 6.78. The Bertz CT molecular complexity index is 1780. The molecule has 1 aliphatic heterocycles. The van der Waals surface area contributed by atoms with E-state index >= 15 is 0 Å². The molecule has 1 atom stereocenters. The zero-order chi connectivity index (χ0) is 27.1. The molecular formula is C37H30N2S. The smallest absolute Gasteiger partial charge is 0.138 e. The Kier molecular flexibility index (Phi) is 6.37. The summed E-state index contributed by atoms with van der Waals surface area (Å²) in [6.07, 6.45) is 10.1. The fourth-order valence-electron chi connectivity index (χ4n) is 5.84. The van der Waals surface area contributed by atoms with Gasteiger partial charge in [-0.2, -0.15) is 0 Å². The minimum Gasteiger partial charge on any atom is -0.297 e. The normalized spacial score (nSPS) is 17.6. The highest BCUT2D eigenvalue weighted by molar-refractivity contribution is 8.02. The summed E-state index contributed by atoms with van der Waals surface area (Å²) in [5.74, 6) is 2.28. The third-order valence-electron chi connectivity index (χ3n) is 7.88. The number of thioether (sulfide) groups is 1. The molecule has 2 aromatic heterocycles. The van der Waals surface area contributed by atoms with Crippen molar-refractivity contribution in [2.75, 3.05) is 0 Å². The maximum Gasteiger partial charge on any atom is 0.138 e. The van der Waals surface area contributed by atoms with Gasteiger partial charge in [0.15, 0.2) is 0 Å². The average Bonchev–Trinajstić information content (AvgIpc) is 3.35. The first-order valence-corrected chi connectivity index (χ1v) is 14.8. The van der Waals surface area contributed by atoms with Crippen molar-refractivity contribution in [3.8, 4) is 28.2 Å². The first kappa shape index (κ1) is 24.7. The maximum absolute atomic E-state index is 5.31. The van der Waals surface area contributed by atoms with Crippen LogP contribution in [0.2, 0.25) is 0 Å². The lowest BCUT2D eigenvalue weighted by molar-refractivity contribution is 0.718. The molecule has 3 heteroatoms. The molecule has 0 fully saturated rings. The van der Waals surface area contributed by atoms with Gasteiger partial charge >= 0.3 is 0 Å². The predicted octanol–water partition coefficient (Wildman–Crippen LogP) is 10.0. The number of benzene rings is 3. The van der Waals surface area contributed by atoms with Crippen LogP contribution in [0.3, 0.4) is 0 Å². The Balaban J connectivity index is 1.48. The molecule has 0 saturated heterocycles. The van der Waals surface area contributed by atoms with E-state index in [4.69, 9.17) is 4.98 Å². The number of allylic oxidation sites excluding steroid dienone is 6. The summed E-state index contributed by atoms with van der Waals surface area (Å²) in [5, 5.41) is 1.23. The molecule has 3 aromatic carbocycles. The van der Waals surface area contributed by atoms with Crippen molar-refractivity contribution in [2.24, 2.45) is 5.92 Å². The molecule has 0 amide bonds. The summed E-state index contributed by atoms with van der Waals surface area (Å²) in [5.41, 5.74) is 10.5. The third kappa shape index (κ3) is 4.37. The standard InChI is InChI=1S/C37H30N2S/c1-25-20-21-32-31-17-9-10-19-34(31)39(35(32)24-40-37-26(2)12-11-18-30(25)37)36-23-29(27-13-5-3-6-14-27)22-33(38-36)28-15-7-4-8-16-28/h3-11,13-23,26H,1,12,24H2,2H3/b21-20-. The second-order valence-electron chi connectivity index (χ2n) is 10.5. The molecule has 0 radical (unpaired) electrons. The van der Waals surface area contributed by atoms with Gasteiger partial charge < -0.3 is 0 Å². The van der Waals surface area contributed by atoms with Crippen LogP contribution in [0, 0.1) is 5.92 Å². The van der Waals surface area contributed by atoms with Gasteiger partial charge in [-0.1, -0.05) is 117 Å². The SMILES string of the molecule is C=C1/C=C\c2c(n(-c3cc(-c4ccccc4)cc(-c4ccccc4)n3)c3ccccc23)CSC2=C1C=CCC2C. The first-order chi connectivity index (χ1) is 19.7. The molecule has 1 aliphatic carbocycles. The number of nitrogens with zero attached hydrogens (tertiary/aromatic N) is 2. The van der Waals surface area contributed by atoms with Gasteiger partial charge in [0.25, 0.3) is 0 Å². The van der Waals surface area contributed by atoms with Crippen molar-refractivity contribution in [2.45, 2.75) is 19.1 Å². The molecule has 1 unspecified atom stereocenters. The summed E-state index contributed by atoms with van der Waals surface area (Å²) in [6, 6.07) is 34.3. The number of para-hydroxylation sites is 1. The van der Waals surface area contributed by atoms with Crippen LogP contribution in [0.25, 0.3) is 45.2 Å². The Morgan fingerprint density at radius 2 is 1.52 bits per heavy atom. The minimum atomic E-state index is 0.485. The first-order valence-electron chi connectivity index (χ1n) is 13.8. The van der Waals surface area contributed by atoms with Crippen LogP contribution in [-0.4, -0.2) is 9.55 Å². The molecule has 7 rings (SSSR count). The van der Waals surface area contributed by atoms with Crippen molar-refractivity contribution in [1.29, 1.82) is 0 Å². The van der Waals surface area contributed by atoms with Gasteiger partial charge in [-0.3, -0.25) is 4.57 Å². The van der Waals surface area contributed by atoms with E-state index in [1.165, 1.54) is 38.2 Å². The summed E-state index contributed by atoms with van der Waals surface area (Å²) < 4.78 is 2.39. The van der Waals surface area contributed by atoms with Crippen molar-refractivity contribution in [3.63, 3.8) is 0 Å². The zero-order valence-corrected chi connectivity index (χ0v) is 23.4. The highest BCUT2D eigenvalue weighted by atomic mass is 32.2. The Morgan fingerprint density at radius 1 is 0.800 bits per heavy atom. The lowest BCUT2D eigenvalue weighted by Gasteiger charge is -2.22. The molecule has 40 heavy (non-hydrogen) atoms. The van der Waals surface area contributed by atoms with Gasteiger partial charge in [-0.05, 0) is 57.7 Å². The van der Waals surface area contributed by atoms with E-state index in [2.05, 4.69) is 139 Å². The second kappa shape index (κ2) is 10.3. The van der Waals surface area contributed by atoms with Gasteiger partial charge in [0.2, 0.25) is 0 Å². The van der Waals surface area contributed by atoms with Crippen LogP contribution in [0.5, 0.6) is 0 Å². The van der Waals surface area contributed by atoms with Crippen molar-refractivity contribution < 1.29 is 0 Å². The number of fused-ring (bicyclic) bond motifs is 3. The Morgan fingerprint density at radius 3 is 2.33 bits per heavy atom. The van der Waals surface area contributed by atoms with E-state index in [0.717, 1.165) is 40.4 Å². The molecule has 0 N–H and O–H groups in total. The molecule has 5 aromatic rings. The lowest BCUT2D eigenvalue weighted by atomic mass is 9.93. The molecule has 3 heterocycles. The molecule has 194 valence electrons. The molecule has 0 saturated carbocycles. The fourth-order valence-corrected chi connectivity index (χ4v) is 7.15. The number of hydrogen-bond donors (Lipinski definition) is 0. The van der Waals surface area contributed by atoms with Crippen LogP contribution >= 0.6 is 11.8 Å². The largest absolute Gasteiger partial charge is 0.297 e. The number of rotatable bonds is 3. The summed E-state index contributed by atoms with van der Waals surface area (Å²) in [7, 11) is 0. The van der Waals surface area contributed by atoms with Crippen molar-refractivity contribution >= 4 is 28.7 Å². The van der Waals surface area contributed by atoms with Crippen LogP contribution in [-0.2, 0) is 5.75 Å². The van der Waals surface area contributed by atoms with Gasteiger partial charge in [0, 0.05) is 28.0 Å². The zero-order valence-electron chi connectivity index (χ0n) is 22.5. The van der Waals surface area contributed by atoms with Crippen LogP contribution < -0.4 is 0 Å². The van der Waals surface area contributed by atoms with E-state index in [-0.39, 0.29) is 0 Å². The topological polar surface area (TPSA) is 17.8 Å². The summed E-state index contributed by atoms with van der Waals surface area (Å²) >= 11 is 1.95. The highest BCUT2D eigenvalue weighted by Gasteiger charge is 2.24. The van der Waals surface area contributed by atoms with E-state index in [1.807, 2.05) is 11.8 Å². The monoisotopic (exact) mass is 534 g/mol. The van der Waals surface area contributed by atoms with Gasteiger partial charge in [0.05, 0.1) is 11.2 Å². The van der Waals surface area contributed by atoms with Crippen LogP contribution in [0.15, 0.2) is 138 Å². The van der Waals surface area contributed by atoms with E-state index < -0.39 is 0 Å². The molecule has 2 aliphatic rings. The fraction of sp³-hybridized carbons (Fsp3) is 0.108. The molecule has 0 bridgehead atoms. The maximum atomic E-state index is 5.31. The van der Waals surface area contributed by atoms with Gasteiger partial charge in [0.1, 0.15) is 5.82 Å².